The van der Waals surface area contributed by atoms with Crippen LogP contribution in [0.3, 0.4) is 0 Å². The van der Waals surface area contributed by atoms with Gasteiger partial charge in [-0.3, -0.25) is 0 Å². The second-order valence-corrected chi connectivity index (χ2v) is 6.73. The van der Waals surface area contributed by atoms with Crippen molar-refractivity contribution in [2.75, 3.05) is 19.0 Å². The third kappa shape index (κ3) is 2.87. The lowest BCUT2D eigenvalue weighted by Crippen LogP contribution is -2.16. The third-order valence-corrected chi connectivity index (χ3v) is 4.83. The van der Waals surface area contributed by atoms with E-state index in [9.17, 15) is 0 Å². The summed E-state index contributed by atoms with van der Waals surface area (Å²) in [5.74, 6) is 2.05. The second-order valence-electron chi connectivity index (χ2n) is 5.49. The largest absolute Gasteiger partial charge is 0.477 e. The van der Waals surface area contributed by atoms with E-state index in [0.29, 0.717) is 11.9 Å². The van der Waals surface area contributed by atoms with Crippen LogP contribution in [0.25, 0.3) is 10.2 Å². The predicted molar refractivity (Wildman–Crippen MR) is 83.8 cm³/mol. The lowest BCUT2D eigenvalue weighted by molar-refractivity contribution is 0.205. The van der Waals surface area contributed by atoms with Gasteiger partial charge >= 0.3 is 0 Å². The number of ether oxygens (including phenoxy) is 1. The molecule has 0 spiro atoms. The number of nitrogens with zero attached hydrogens (tertiary/aromatic N) is 2. The Labute approximate surface area is 123 Å². The Bertz CT molecular complexity index is 590. The number of aromatic nitrogens is 2. The summed E-state index contributed by atoms with van der Waals surface area (Å²) in [4.78, 5) is 11.2. The van der Waals surface area contributed by atoms with Gasteiger partial charge in [-0.25, -0.2) is 4.98 Å². The van der Waals surface area contributed by atoms with Crippen molar-refractivity contribution in [1.82, 2.24) is 9.97 Å². The van der Waals surface area contributed by atoms with Gasteiger partial charge in [0.2, 0.25) is 11.8 Å². The Hall–Kier alpha value is -1.36. The summed E-state index contributed by atoms with van der Waals surface area (Å²) in [5, 5.41) is 4.05. The van der Waals surface area contributed by atoms with Crippen LogP contribution in [0, 0.1) is 12.8 Å². The van der Waals surface area contributed by atoms with Crippen LogP contribution in [0.15, 0.2) is 6.07 Å². The van der Waals surface area contributed by atoms with Crippen LogP contribution in [-0.4, -0.2) is 23.6 Å². The Morgan fingerprint density at radius 2 is 2.10 bits per heavy atom. The van der Waals surface area contributed by atoms with Crippen LogP contribution in [0.2, 0.25) is 0 Å². The number of aryl methyl sites for hydroxylation is 1. The molecule has 5 heteroatoms. The summed E-state index contributed by atoms with van der Waals surface area (Å²) in [6.07, 6.45) is 6.63. The molecular formula is C15H21N3OS. The van der Waals surface area contributed by atoms with Crippen molar-refractivity contribution in [2.45, 2.75) is 39.0 Å². The summed E-state index contributed by atoms with van der Waals surface area (Å²) in [6.45, 7) is 2.88. The molecule has 1 fully saturated rings. The first-order valence-electron chi connectivity index (χ1n) is 7.35. The van der Waals surface area contributed by atoms with E-state index in [0.717, 1.165) is 22.7 Å². The number of thiophene rings is 1. The van der Waals surface area contributed by atoms with Crippen LogP contribution < -0.4 is 10.1 Å². The summed E-state index contributed by atoms with van der Waals surface area (Å²) in [6, 6.07) is 2.12. The molecule has 2 aromatic heterocycles. The van der Waals surface area contributed by atoms with Gasteiger partial charge in [-0.05, 0) is 31.7 Å². The second kappa shape index (κ2) is 5.95. The molecule has 0 aliphatic heterocycles. The molecule has 1 saturated carbocycles. The zero-order valence-corrected chi connectivity index (χ0v) is 12.9. The molecule has 0 unspecified atom stereocenters. The van der Waals surface area contributed by atoms with Crippen LogP contribution in [0.4, 0.5) is 5.95 Å². The molecule has 0 aromatic carbocycles. The number of hydrogen-bond acceptors (Lipinski definition) is 5. The van der Waals surface area contributed by atoms with Crippen LogP contribution in [0.1, 0.15) is 37.0 Å². The highest BCUT2D eigenvalue weighted by Crippen LogP contribution is 2.32. The average molecular weight is 291 g/mol. The van der Waals surface area contributed by atoms with Gasteiger partial charge in [0.15, 0.2) is 0 Å². The monoisotopic (exact) mass is 291 g/mol. The van der Waals surface area contributed by atoms with Crippen molar-refractivity contribution in [3.63, 3.8) is 0 Å². The van der Waals surface area contributed by atoms with E-state index in [4.69, 9.17) is 4.74 Å². The van der Waals surface area contributed by atoms with Crippen molar-refractivity contribution in [3.8, 4) is 5.88 Å². The summed E-state index contributed by atoms with van der Waals surface area (Å²) >= 11 is 1.69. The molecule has 1 aliphatic carbocycles. The molecule has 2 heterocycles. The highest BCUT2D eigenvalue weighted by molar-refractivity contribution is 7.18. The molecule has 0 radical (unpaired) electrons. The van der Waals surface area contributed by atoms with Gasteiger partial charge in [-0.1, -0.05) is 19.3 Å². The van der Waals surface area contributed by atoms with Gasteiger partial charge < -0.3 is 10.1 Å². The smallest absolute Gasteiger partial charge is 0.227 e. The SMILES string of the molecule is CNc1nc(OCC2CCCCC2)c2cc(C)sc2n1. The lowest BCUT2D eigenvalue weighted by Gasteiger charge is -2.21. The van der Waals surface area contributed by atoms with E-state index >= 15 is 0 Å². The summed E-state index contributed by atoms with van der Waals surface area (Å²) in [5.41, 5.74) is 0. The van der Waals surface area contributed by atoms with E-state index in [-0.39, 0.29) is 0 Å². The van der Waals surface area contributed by atoms with Crippen molar-refractivity contribution < 1.29 is 4.74 Å². The summed E-state index contributed by atoms with van der Waals surface area (Å²) in [7, 11) is 1.84. The Morgan fingerprint density at radius 3 is 2.85 bits per heavy atom. The Morgan fingerprint density at radius 1 is 1.30 bits per heavy atom. The number of nitrogens with one attached hydrogen (secondary N) is 1. The molecule has 3 rings (SSSR count). The van der Waals surface area contributed by atoms with E-state index in [1.54, 1.807) is 11.3 Å². The van der Waals surface area contributed by atoms with E-state index in [1.165, 1.54) is 37.0 Å². The van der Waals surface area contributed by atoms with Crippen molar-refractivity contribution >= 4 is 27.5 Å². The van der Waals surface area contributed by atoms with Crippen molar-refractivity contribution in [3.05, 3.63) is 10.9 Å². The first-order valence-corrected chi connectivity index (χ1v) is 8.16. The Kier molecular flexibility index (Phi) is 4.05. The van der Waals surface area contributed by atoms with E-state index < -0.39 is 0 Å². The first kappa shape index (κ1) is 13.6. The van der Waals surface area contributed by atoms with Crippen LogP contribution >= 0.6 is 11.3 Å². The minimum Gasteiger partial charge on any atom is -0.477 e. The molecule has 20 heavy (non-hydrogen) atoms. The van der Waals surface area contributed by atoms with E-state index in [1.807, 2.05) is 7.05 Å². The number of fused-ring (bicyclic) bond motifs is 1. The van der Waals surface area contributed by atoms with Crippen LogP contribution in [0.5, 0.6) is 5.88 Å². The van der Waals surface area contributed by atoms with Gasteiger partial charge in [0.25, 0.3) is 0 Å². The molecule has 0 amide bonds. The minimum absolute atomic E-state index is 0.637. The number of anilines is 1. The third-order valence-electron chi connectivity index (χ3n) is 3.89. The molecule has 0 bridgehead atoms. The zero-order chi connectivity index (χ0) is 13.9. The van der Waals surface area contributed by atoms with Crippen molar-refractivity contribution in [2.24, 2.45) is 5.92 Å². The first-order chi connectivity index (χ1) is 9.76. The Balaban J connectivity index is 1.81. The topological polar surface area (TPSA) is 47.0 Å². The standard InChI is InChI=1S/C15H21N3OS/c1-10-8-12-13(17-15(16-2)18-14(12)20-10)19-9-11-6-4-3-5-7-11/h8,11H,3-7,9H2,1-2H3,(H,16,17,18). The lowest BCUT2D eigenvalue weighted by atomic mass is 9.90. The molecule has 108 valence electrons. The number of rotatable bonds is 4. The highest BCUT2D eigenvalue weighted by atomic mass is 32.1. The molecule has 0 atom stereocenters. The molecular weight excluding hydrogens is 270 g/mol. The highest BCUT2D eigenvalue weighted by Gasteiger charge is 2.16. The minimum atomic E-state index is 0.637. The normalized spacial score (nSPS) is 16.5. The van der Waals surface area contributed by atoms with Gasteiger partial charge in [0.1, 0.15) is 4.83 Å². The fourth-order valence-electron chi connectivity index (χ4n) is 2.79. The fourth-order valence-corrected chi connectivity index (χ4v) is 3.66. The maximum absolute atomic E-state index is 6.03. The quantitative estimate of drug-likeness (QED) is 0.925. The number of hydrogen-bond donors (Lipinski definition) is 1. The van der Waals surface area contributed by atoms with Gasteiger partial charge in [0, 0.05) is 11.9 Å². The summed E-state index contributed by atoms with van der Waals surface area (Å²) < 4.78 is 6.03. The maximum atomic E-state index is 6.03. The molecule has 4 nitrogen and oxygen atoms in total. The maximum Gasteiger partial charge on any atom is 0.227 e. The molecule has 2 aromatic rings. The van der Waals surface area contributed by atoms with Gasteiger partial charge in [-0.2, -0.15) is 4.98 Å². The fraction of sp³-hybridized carbons (Fsp3) is 0.600. The molecule has 1 N–H and O–H groups in total. The molecule has 1 aliphatic rings. The van der Waals surface area contributed by atoms with Crippen LogP contribution in [-0.2, 0) is 0 Å². The molecule has 0 saturated heterocycles. The zero-order valence-electron chi connectivity index (χ0n) is 12.1. The average Bonchev–Trinajstić information content (AvgIpc) is 2.86. The predicted octanol–water partition coefficient (Wildman–Crippen LogP) is 4.00. The van der Waals surface area contributed by atoms with Gasteiger partial charge in [0.05, 0.1) is 12.0 Å². The van der Waals surface area contributed by atoms with Gasteiger partial charge in [-0.15, -0.1) is 11.3 Å². The van der Waals surface area contributed by atoms with Crippen molar-refractivity contribution in [1.29, 1.82) is 0 Å². The van der Waals surface area contributed by atoms with E-state index in [2.05, 4.69) is 28.3 Å².